The van der Waals surface area contributed by atoms with Crippen LogP contribution in [-0.2, 0) is 0 Å². The van der Waals surface area contributed by atoms with E-state index in [9.17, 15) is 4.79 Å². The first-order valence-electron chi connectivity index (χ1n) is 9.27. The Hall–Kier alpha value is -2.14. The summed E-state index contributed by atoms with van der Waals surface area (Å²) in [6.07, 6.45) is 6.50. The molecule has 25 heavy (non-hydrogen) atoms. The second-order valence-corrected chi connectivity index (χ2v) is 7.33. The van der Waals surface area contributed by atoms with Crippen LogP contribution in [0.5, 0.6) is 0 Å². The second kappa shape index (κ2) is 6.64. The molecule has 2 aromatic rings. The van der Waals surface area contributed by atoms with Gasteiger partial charge >= 0.3 is 0 Å². The molecule has 0 spiro atoms. The Bertz CT molecular complexity index is 751. The summed E-state index contributed by atoms with van der Waals surface area (Å²) in [5.74, 6) is 0.173. The minimum absolute atomic E-state index is 0.173. The molecule has 0 unspecified atom stereocenters. The third-order valence-corrected chi connectivity index (χ3v) is 5.77. The van der Waals surface area contributed by atoms with Crippen molar-refractivity contribution in [1.82, 2.24) is 19.6 Å². The van der Waals surface area contributed by atoms with Gasteiger partial charge in [-0.05, 0) is 76.5 Å². The van der Waals surface area contributed by atoms with E-state index in [-0.39, 0.29) is 5.91 Å². The number of carbonyl (C=O) groups excluding carboxylic acids is 1. The van der Waals surface area contributed by atoms with Crippen molar-refractivity contribution in [3.05, 3.63) is 47.8 Å². The van der Waals surface area contributed by atoms with Crippen LogP contribution < -0.4 is 0 Å². The highest BCUT2D eigenvalue weighted by Gasteiger charge is 2.38. The van der Waals surface area contributed by atoms with E-state index in [0.717, 1.165) is 42.9 Å². The van der Waals surface area contributed by atoms with Gasteiger partial charge in [-0.1, -0.05) is 0 Å². The topological polar surface area (TPSA) is 41.4 Å². The van der Waals surface area contributed by atoms with E-state index < -0.39 is 0 Å². The van der Waals surface area contributed by atoms with Gasteiger partial charge in [-0.15, -0.1) is 0 Å². The molecule has 0 saturated carbocycles. The molecule has 0 bridgehead atoms. The highest BCUT2D eigenvalue weighted by Crippen LogP contribution is 2.30. The van der Waals surface area contributed by atoms with E-state index >= 15 is 0 Å². The third-order valence-electron chi connectivity index (χ3n) is 5.77. The molecule has 2 atom stereocenters. The molecule has 1 aromatic heterocycles. The maximum absolute atomic E-state index is 13.1. The molecular formula is C20H26N4O. The first-order chi connectivity index (χ1) is 12.1. The van der Waals surface area contributed by atoms with Gasteiger partial charge in [0.2, 0.25) is 0 Å². The van der Waals surface area contributed by atoms with Crippen LogP contribution in [0, 0.1) is 6.92 Å². The number of likely N-dealkylation sites (tertiary alicyclic amines) is 2. The quantitative estimate of drug-likeness (QED) is 0.864. The van der Waals surface area contributed by atoms with Crippen molar-refractivity contribution < 1.29 is 4.79 Å². The van der Waals surface area contributed by atoms with Gasteiger partial charge in [0.05, 0.1) is 5.69 Å². The minimum Gasteiger partial charge on any atom is -0.334 e. The Morgan fingerprint density at radius 3 is 2.40 bits per heavy atom. The predicted molar refractivity (Wildman–Crippen MR) is 98.0 cm³/mol. The Labute approximate surface area is 149 Å². The molecule has 132 valence electrons. The predicted octanol–water partition coefficient (Wildman–Crippen LogP) is 2.88. The number of hydrogen-bond acceptors (Lipinski definition) is 3. The fraction of sp³-hybridized carbons (Fsp3) is 0.500. The summed E-state index contributed by atoms with van der Waals surface area (Å²) >= 11 is 0. The van der Waals surface area contributed by atoms with Crippen molar-refractivity contribution in [2.75, 3.05) is 20.1 Å². The zero-order valence-corrected chi connectivity index (χ0v) is 15.1. The molecular weight excluding hydrogens is 312 g/mol. The van der Waals surface area contributed by atoms with Crippen LogP contribution in [0.1, 0.15) is 41.7 Å². The summed E-state index contributed by atoms with van der Waals surface area (Å²) in [6.45, 7) is 4.06. The number of amides is 1. The fourth-order valence-corrected chi connectivity index (χ4v) is 4.42. The maximum atomic E-state index is 13.1. The zero-order valence-electron chi connectivity index (χ0n) is 15.1. The molecule has 5 nitrogen and oxygen atoms in total. The average molecular weight is 338 g/mol. The number of carbonyl (C=O) groups is 1. The van der Waals surface area contributed by atoms with Crippen molar-refractivity contribution in [3.8, 4) is 5.69 Å². The van der Waals surface area contributed by atoms with E-state index in [4.69, 9.17) is 0 Å². The van der Waals surface area contributed by atoms with Crippen molar-refractivity contribution >= 4 is 5.91 Å². The normalized spacial score (nSPS) is 24.2. The third kappa shape index (κ3) is 2.97. The van der Waals surface area contributed by atoms with Crippen molar-refractivity contribution in [1.29, 1.82) is 0 Å². The summed E-state index contributed by atoms with van der Waals surface area (Å²) in [5.41, 5.74) is 2.86. The van der Waals surface area contributed by atoms with Gasteiger partial charge in [-0.3, -0.25) is 4.79 Å². The number of rotatable bonds is 3. The molecule has 1 amide bonds. The molecule has 4 rings (SSSR count). The van der Waals surface area contributed by atoms with Gasteiger partial charge < -0.3 is 9.80 Å². The highest BCUT2D eigenvalue weighted by molar-refractivity contribution is 5.94. The first-order valence-corrected chi connectivity index (χ1v) is 9.27. The summed E-state index contributed by atoms with van der Waals surface area (Å²) in [4.78, 5) is 17.6. The Kier molecular flexibility index (Phi) is 4.34. The van der Waals surface area contributed by atoms with Gasteiger partial charge in [0.25, 0.3) is 5.91 Å². The van der Waals surface area contributed by atoms with Crippen molar-refractivity contribution in [3.63, 3.8) is 0 Å². The van der Waals surface area contributed by atoms with Crippen LogP contribution in [0.15, 0.2) is 36.5 Å². The highest BCUT2D eigenvalue weighted by atomic mass is 16.2. The number of benzene rings is 1. The molecule has 0 radical (unpaired) electrons. The van der Waals surface area contributed by atoms with Crippen molar-refractivity contribution in [2.45, 2.75) is 44.7 Å². The lowest BCUT2D eigenvalue weighted by atomic mass is 10.0. The number of likely N-dealkylation sites (N-methyl/N-ethyl adjacent to an activating group) is 1. The van der Waals surface area contributed by atoms with Gasteiger partial charge in [0.1, 0.15) is 0 Å². The van der Waals surface area contributed by atoms with E-state index in [1.807, 2.05) is 41.9 Å². The first kappa shape index (κ1) is 16.3. The Morgan fingerprint density at radius 1 is 1.04 bits per heavy atom. The van der Waals surface area contributed by atoms with E-state index in [0.29, 0.717) is 12.1 Å². The van der Waals surface area contributed by atoms with Crippen LogP contribution in [0.3, 0.4) is 0 Å². The SMILES string of the molecule is Cc1ccnn1-c1ccc(C(=O)N2CCC[C@@H]2[C@@H]2CCCN2C)cc1. The largest absolute Gasteiger partial charge is 0.334 e. The maximum Gasteiger partial charge on any atom is 0.254 e. The number of hydrogen-bond donors (Lipinski definition) is 0. The molecule has 0 aliphatic carbocycles. The average Bonchev–Trinajstić information content (AvgIpc) is 3.35. The minimum atomic E-state index is 0.173. The lowest BCUT2D eigenvalue weighted by molar-refractivity contribution is 0.0664. The van der Waals surface area contributed by atoms with Crippen LogP contribution >= 0.6 is 0 Å². The van der Waals surface area contributed by atoms with Crippen LogP contribution in [0.4, 0.5) is 0 Å². The Morgan fingerprint density at radius 2 is 1.76 bits per heavy atom. The van der Waals surface area contributed by atoms with Gasteiger partial charge in [-0.25, -0.2) is 4.68 Å². The molecule has 1 aromatic carbocycles. The van der Waals surface area contributed by atoms with Crippen molar-refractivity contribution in [2.24, 2.45) is 0 Å². The van der Waals surface area contributed by atoms with Crippen LogP contribution in [0.2, 0.25) is 0 Å². The summed E-state index contributed by atoms with van der Waals surface area (Å²) in [5, 5.41) is 4.33. The summed E-state index contributed by atoms with van der Waals surface area (Å²) < 4.78 is 1.89. The lowest BCUT2D eigenvalue weighted by Crippen LogP contribution is -2.47. The summed E-state index contributed by atoms with van der Waals surface area (Å²) in [7, 11) is 2.19. The van der Waals surface area contributed by atoms with Crippen LogP contribution in [-0.4, -0.2) is 57.7 Å². The van der Waals surface area contributed by atoms with Gasteiger partial charge in [0, 0.05) is 36.1 Å². The molecule has 0 N–H and O–H groups in total. The molecule has 2 saturated heterocycles. The number of aryl methyl sites for hydroxylation is 1. The Balaban J connectivity index is 1.53. The van der Waals surface area contributed by atoms with E-state index in [1.54, 1.807) is 6.20 Å². The lowest BCUT2D eigenvalue weighted by Gasteiger charge is -2.33. The van der Waals surface area contributed by atoms with Gasteiger partial charge in [-0.2, -0.15) is 5.10 Å². The number of nitrogens with zero attached hydrogens (tertiary/aromatic N) is 4. The second-order valence-electron chi connectivity index (χ2n) is 7.33. The number of aromatic nitrogens is 2. The standard InChI is InChI=1S/C20H26N4O/c1-15-11-12-21-24(15)17-9-7-16(8-10-17)20(25)23-14-4-6-19(23)18-5-3-13-22(18)2/h7-12,18-19H,3-6,13-14H2,1-2H3/t18-,19+/m0/s1. The molecule has 2 aliphatic rings. The molecule has 2 aliphatic heterocycles. The smallest absolute Gasteiger partial charge is 0.254 e. The van der Waals surface area contributed by atoms with E-state index in [1.165, 1.54) is 12.8 Å². The van der Waals surface area contributed by atoms with Crippen LogP contribution in [0.25, 0.3) is 5.69 Å². The molecule has 5 heteroatoms. The monoisotopic (exact) mass is 338 g/mol. The van der Waals surface area contributed by atoms with Gasteiger partial charge in [0.15, 0.2) is 0 Å². The summed E-state index contributed by atoms with van der Waals surface area (Å²) in [6, 6.07) is 10.7. The fourth-order valence-electron chi connectivity index (χ4n) is 4.42. The molecule has 3 heterocycles. The molecule has 2 fully saturated rings. The van der Waals surface area contributed by atoms with E-state index in [2.05, 4.69) is 21.9 Å². The zero-order chi connectivity index (χ0) is 17.4.